The second-order valence-electron chi connectivity index (χ2n) is 4.72. The Balaban J connectivity index is 2.05. The Hall–Kier alpha value is -2.35. The fraction of sp³-hybridized carbons (Fsp3) is 0.333. The number of hydrogen-bond donors (Lipinski definition) is 2. The number of para-hydroxylation sites is 2. The molecule has 0 bridgehead atoms. The zero-order valence-corrected chi connectivity index (χ0v) is 13.9. The molecule has 7 nitrogen and oxygen atoms in total. The molecule has 1 unspecified atom stereocenters. The number of nitrogens with one attached hydrogen (secondary N) is 2. The van der Waals surface area contributed by atoms with Crippen molar-refractivity contribution in [3.8, 4) is 5.75 Å². The highest BCUT2D eigenvalue weighted by atomic mass is 32.2. The monoisotopic (exact) mass is 334 g/mol. The third-order valence-corrected chi connectivity index (χ3v) is 3.92. The van der Waals surface area contributed by atoms with Crippen LogP contribution in [0.2, 0.25) is 0 Å². The number of hydrogen-bond acceptors (Lipinski definition) is 6. The molecule has 0 aliphatic rings. The number of aromatic nitrogens is 3. The van der Waals surface area contributed by atoms with E-state index < -0.39 is 5.25 Å². The topological polar surface area (TPSA) is 97.0 Å². The highest BCUT2D eigenvalue weighted by Gasteiger charge is 2.18. The summed E-state index contributed by atoms with van der Waals surface area (Å²) in [6.45, 7) is 5.69. The highest BCUT2D eigenvalue weighted by Crippen LogP contribution is 2.25. The first-order valence-corrected chi connectivity index (χ1v) is 8.02. The average Bonchev–Trinajstić information content (AvgIpc) is 2.53. The van der Waals surface area contributed by atoms with Crippen LogP contribution in [0.4, 0.5) is 5.69 Å². The molecular formula is C15H18N4O3S. The smallest absolute Gasteiger partial charge is 0.273 e. The van der Waals surface area contributed by atoms with Gasteiger partial charge in [0.1, 0.15) is 11.4 Å². The normalized spacial score (nSPS) is 11.8. The zero-order chi connectivity index (χ0) is 16.8. The predicted molar refractivity (Wildman–Crippen MR) is 88.9 cm³/mol. The molecule has 0 saturated carbocycles. The number of benzene rings is 1. The van der Waals surface area contributed by atoms with E-state index in [-0.39, 0.29) is 17.2 Å². The fourth-order valence-corrected chi connectivity index (χ4v) is 2.48. The molecule has 1 aromatic heterocycles. The lowest BCUT2D eigenvalue weighted by molar-refractivity contribution is -0.115. The number of aromatic amines is 1. The number of nitrogens with zero attached hydrogens (tertiary/aromatic N) is 2. The SMILES string of the molecule is CCOc1ccccc1NC(=O)C(C)Sc1nnc(C)c(=O)[nH]1. The molecule has 1 aromatic carbocycles. The predicted octanol–water partition coefficient (Wildman–Crippen LogP) is 1.99. The molecule has 1 heterocycles. The zero-order valence-electron chi connectivity index (χ0n) is 13.1. The lowest BCUT2D eigenvalue weighted by Gasteiger charge is -2.14. The van der Waals surface area contributed by atoms with Crippen LogP contribution >= 0.6 is 11.8 Å². The van der Waals surface area contributed by atoms with Gasteiger partial charge in [-0.05, 0) is 32.9 Å². The molecule has 8 heteroatoms. The molecule has 0 aliphatic carbocycles. The first-order valence-electron chi connectivity index (χ1n) is 7.14. The van der Waals surface area contributed by atoms with E-state index in [0.717, 1.165) is 11.8 Å². The van der Waals surface area contributed by atoms with E-state index in [0.29, 0.717) is 23.2 Å². The lowest BCUT2D eigenvalue weighted by Crippen LogP contribution is -2.24. The Bertz CT molecular complexity index is 747. The minimum absolute atomic E-state index is 0.217. The first kappa shape index (κ1) is 17.0. The number of carbonyl (C=O) groups excluding carboxylic acids is 1. The number of H-pyrrole nitrogens is 1. The quantitative estimate of drug-likeness (QED) is 0.784. The van der Waals surface area contributed by atoms with Gasteiger partial charge in [0.2, 0.25) is 5.91 Å². The van der Waals surface area contributed by atoms with Gasteiger partial charge in [0, 0.05) is 0 Å². The van der Waals surface area contributed by atoms with Crippen molar-refractivity contribution in [2.24, 2.45) is 0 Å². The summed E-state index contributed by atoms with van der Waals surface area (Å²) in [6, 6.07) is 7.22. The van der Waals surface area contributed by atoms with Crippen molar-refractivity contribution in [2.45, 2.75) is 31.2 Å². The Morgan fingerprint density at radius 3 is 2.83 bits per heavy atom. The number of ether oxygens (including phenoxy) is 1. The summed E-state index contributed by atoms with van der Waals surface area (Å²) in [5, 5.41) is 10.3. The molecule has 0 fully saturated rings. The van der Waals surface area contributed by atoms with Crippen molar-refractivity contribution in [3.05, 3.63) is 40.3 Å². The van der Waals surface area contributed by atoms with Crippen molar-refractivity contribution in [1.82, 2.24) is 15.2 Å². The van der Waals surface area contributed by atoms with Crippen LogP contribution in [0.5, 0.6) is 5.75 Å². The van der Waals surface area contributed by atoms with Crippen LogP contribution in [0.15, 0.2) is 34.2 Å². The van der Waals surface area contributed by atoms with Crippen molar-refractivity contribution >= 4 is 23.4 Å². The van der Waals surface area contributed by atoms with Gasteiger partial charge >= 0.3 is 0 Å². The molecule has 0 saturated heterocycles. The molecule has 1 atom stereocenters. The first-order chi connectivity index (χ1) is 11.0. The summed E-state index contributed by atoms with van der Waals surface area (Å²) < 4.78 is 5.47. The summed E-state index contributed by atoms with van der Waals surface area (Å²) in [4.78, 5) is 26.4. The lowest BCUT2D eigenvalue weighted by atomic mass is 10.3. The van der Waals surface area contributed by atoms with E-state index in [9.17, 15) is 9.59 Å². The highest BCUT2D eigenvalue weighted by molar-refractivity contribution is 8.00. The van der Waals surface area contributed by atoms with Gasteiger partial charge in [-0.25, -0.2) is 0 Å². The van der Waals surface area contributed by atoms with E-state index in [4.69, 9.17) is 4.74 Å². The number of rotatable bonds is 6. The maximum atomic E-state index is 12.3. The van der Waals surface area contributed by atoms with Crippen molar-refractivity contribution in [2.75, 3.05) is 11.9 Å². The largest absolute Gasteiger partial charge is 0.492 e. The molecule has 2 rings (SSSR count). The van der Waals surface area contributed by atoms with Gasteiger partial charge in [-0.15, -0.1) is 10.2 Å². The van der Waals surface area contributed by atoms with Crippen LogP contribution in [-0.2, 0) is 4.79 Å². The summed E-state index contributed by atoms with van der Waals surface area (Å²) in [5.74, 6) is 0.398. The summed E-state index contributed by atoms with van der Waals surface area (Å²) >= 11 is 1.13. The van der Waals surface area contributed by atoms with Crippen LogP contribution in [0.1, 0.15) is 19.5 Å². The maximum Gasteiger partial charge on any atom is 0.273 e. The van der Waals surface area contributed by atoms with Gasteiger partial charge in [-0.3, -0.25) is 14.6 Å². The molecular weight excluding hydrogens is 316 g/mol. The second kappa shape index (κ2) is 7.77. The van der Waals surface area contributed by atoms with Crippen LogP contribution in [0, 0.1) is 6.92 Å². The Morgan fingerprint density at radius 2 is 2.13 bits per heavy atom. The molecule has 2 N–H and O–H groups in total. The number of aryl methyl sites for hydroxylation is 1. The number of thioether (sulfide) groups is 1. The van der Waals surface area contributed by atoms with E-state index in [2.05, 4.69) is 20.5 Å². The van der Waals surface area contributed by atoms with Crippen molar-refractivity contribution in [3.63, 3.8) is 0 Å². The van der Waals surface area contributed by atoms with E-state index in [1.54, 1.807) is 26.0 Å². The van der Waals surface area contributed by atoms with Gasteiger partial charge in [0.25, 0.3) is 5.56 Å². The summed E-state index contributed by atoms with van der Waals surface area (Å²) in [7, 11) is 0. The van der Waals surface area contributed by atoms with Crippen LogP contribution in [0.25, 0.3) is 0 Å². The molecule has 1 amide bonds. The van der Waals surface area contributed by atoms with E-state index in [1.165, 1.54) is 0 Å². The van der Waals surface area contributed by atoms with Gasteiger partial charge in [-0.1, -0.05) is 23.9 Å². The third kappa shape index (κ3) is 4.56. The summed E-state index contributed by atoms with van der Waals surface area (Å²) in [6.07, 6.45) is 0. The van der Waals surface area contributed by atoms with Crippen molar-refractivity contribution < 1.29 is 9.53 Å². The Morgan fingerprint density at radius 1 is 1.39 bits per heavy atom. The molecule has 23 heavy (non-hydrogen) atoms. The van der Waals surface area contributed by atoms with Crippen LogP contribution in [0.3, 0.4) is 0 Å². The van der Waals surface area contributed by atoms with Crippen molar-refractivity contribution in [1.29, 1.82) is 0 Å². The maximum absolute atomic E-state index is 12.3. The van der Waals surface area contributed by atoms with E-state index >= 15 is 0 Å². The van der Waals surface area contributed by atoms with E-state index in [1.807, 2.05) is 19.1 Å². The minimum atomic E-state index is -0.461. The van der Waals surface area contributed by atoms with Gasteiger partial charge < -0.3 is 10.1 Å². The van der Waals surface area contributed by atoms with Crippen LogP contribution in [-0.4, -0.2) is 32.9 Å². The van der Waals surface area contributed by atoms with Gasteiger partial charge in [-0.2, -0.15) is 0 Å². The standard InChI is InChI=1S/C15H18N4O3S/c1-4-22-12-8-6-5-7-11(12)16-14(21)10(3)23-15-17-13(20)9(2)18-19-15/h5-8,10H,4H2,1-3H3,(H,16,21)(H,17,19,20). The second-order valence-corrected chi connectivity index (χ2v) is 6.05. The Kier molecular flexibility index (Phi) is 5.75. The molecule has 0 spiro atoms. The average molecular weight is 334 g/mol. The molecule has 2 aromatic rings. The molecule has 0 aliphatic heterocycles. The minimum Gasteiger partial charge on any atom is -0.492 e. The molecule has 0 radical (unpaired) electrons. The van der Waals surface area contributed by atoms with Crippen LogP contribution < -0.4 is 15.6 Å². The molecule has 122 valence electrons. The summed E-state index contributed by atoms with van der Waals surface area (Å²) in [5.41, 5.74) is 0.587. The number of anilines is 1. The Labute approximate surface area is 137 Å². The van der Waals surface area contributed by atoms with Gasteiger partial charge in [0.15, 0.2) is 5.16 Å². The number of amides is 1. The van der Waals surface area contributed by atoms with Gasteiger partial charge in [0.05, 0.1) is 17.5 Å². The fourth-order valence-electron chi connectivity index (χ4n) is 1.74. The third-order valence-electron chi connectivity index (χ3n) is 2.94. The number of carbonyl (C=O) groups is 1.